The minimum Gasteiger partial charge on any atom is -0.453 e. The molecule has 0 saturated carbocycles. The number of fused-ring (bicyclic) bond motifs is 1. The molecule has 0 N–H and O–H groups in total. The normalized spacial score (nSPS) is 22.9. The first kappa shape index (κ1) is 12.8. The van der Waals surface area contributed by atoms with E-state index in [4.69, 9.17) is 18.8 Å². The van der Waals surface area contributed by atoms with E-state index in [1.165, 1.54) is 6.07 Å². The first-order chi connectivity index (χ1) is 8.80. The number of hydrogen-bond acceptors (Lipinski definition) is 4. The Labute approximate surface area is 111 Å². The largest absolute Gasteiger partial charge is 0.495 e. The summed E-state index contributed by atoms with van der Waals surface area (Å²) in [5, 5.41) is 0. The van der Waals surface area contributed by atoms with E-state index in [1.54, 1.807) is 6.07 Å². The predicted octanol–water partition coefficient (Wildman–Crippen LogP) is 1.85. The van der Waals surface area contributed by atoms with Gasteiger partial charge in [-0.25, -0.2) is 4.39 Å². The quantitative estimate of drug-likeness (QED) is 0.727. The van der Waals surface area contributed by atoms with Crippen LogP contribution in [0.1, 0.15) is 27.7 Å². The lowest BCUT2D eigenvalue weighted by atomic mass is 9.79. The van der Waals surface area contributed by atoms with Crippen molar-refractivity contribution in [2.75, 3.05) is 6.79 Å². The van der Waals surface area contributed by atoms with Crippen molar-refractivity contribution in [2.24, 2.45) is 0 Å². The van der Waals surface area contributed by atoms with Crippen molar-refractivity contribution in [2.45, 2.75) is 38.9 Å². The summed E-state index contributed by atoms with van der Waals surface area (Å²) in [5.41, 5.74) is -0.310. The molecule has 2 aliphatic heterocycles. The van der Waals surface area contributed by atoms with Gasteiger partial charge in [0.25, 0.3) is 0 Å². The Morgan fingerprint density at radius 3 is 2.32 bits per heavy atom. The molecule has 0 amide bonds. The molecule has 0 atom stereocenters. The molecule has 4 nitrogen and oxygen atoms in total. The number of rotatable bonds is 1. The van der Waals surface area contributed by atoms with E-state index in [-0.39, 0.29) is 12.5 Å². The van der Waals surface area contributed by atoms with Crippen molar-refractivity contribution in [1.82, 2.24) is 0 Å². The third-order valence-corrected chi connectivity index (χ3v) is 3.97. The average Bonchev–Trinajstić information content (AvgIpc) is 2.82. The molecule has 0 radical (unpaired) electrons. The minimum absolute atomic E-state index is 0.0407. The standard InChI is InChI=1S/C13H16BFO4/c1-12(2)13(3,4)19-14(18-12)8-5-9(15)11-10(6-8)16-7-17-11/h5-6H,7H2,1-4H3. The summed E-state index contributed by atoms with van der Waals surface area (Å²) < 4.78 is 35.9. The summed E-state index contributed by atoms with van der Waals surface area (Å²) in [4.78, 5) is 0. The first-order valence-corrected chi connectivity index (χ1v) is 6.25. The highest BCUT2D eigenvalue weighted by atomic mass is 19.1. The second-order valence-corrected chi connectivity index (χ2v) is 5.82. The van der Waals surface area contributed by atoms with Crippen LogP contribution in [0.5, 0.6) is 11.5 Å². The van der Waals surface area contributed by atoms with Crippen LogP contribution >= 0.6 is 0 Å². The Hall–Kier alpha value is -1.27. The van der Waals surface area contributed by atoms with Crippen LogP contribution in [0.2, 0.25) is 0 Å². The summed E-state index contributed by atoms with van der Waals surface area (Å²) in [7, 11) is -0.603. The molecular weight excluding hydrogens is 250 g/mol. The molecule has 0 aliphatic carbocycles. The smallest absolute Gasteiger partial charge is 0.453 e. The number of benzene rings is 1. The molecule has 0 bridgehead atoms. The van der Waals surface area contributed by atoms with E-state index in [0.29, 0.717) is 11.2 Å². The van der Waals surface area contributed by atoms with Crippen LogP contribution in [0.3, 0.4) is 0 Å². The topological polar surface area (TPSA) is 36.9 Å². The van der Waals surface area contributed by atoms with Crippen molar-refractivity contribution in [3.8, 4) is 11.5 Å². The number of hydrogen-bond donors (Lipinski definition) is 0. The van der Waals surface area contributed by atoms with Crippen LogP contribution in [0.4, 0.5) is 4.39 Å². The van der Waals surface area contributed by atoms with Gasteiger partial charge in [0, 0.05) is 0 Å². The molecule has 3 rings (SSSR count). The Bertz CT molecular complexity index is 514. The summed E-state index contributed by atoms with van der Waals surface area (Å²) in [5.74, 6) is 0.0877. The van der Waals surface area contributed by atoms with Crippen molar-refractivity contribution in [1.29, 1.82) is 0 Å². The second kappa shape index (κ2) is 3.87. The van der Waals surface area contributed by atoms with Crippen LogP contribution in [0.15, 0.2) is 12.1 Å². The lowest BCUT2D eigenvalue weighted by Gasteiger charge is -2.32. The van der Waals surface area contributed by atoms with Gasteiger partial charge in [-0.1, -0.05) is 0 Å². The van der Waals surface area contributed by atoms with Gasteiger partial charge in [0.1, 0.15) is 0 Å². The molecule has 0 aromatic heterocycles. The summed E-state index contributed by atoms with van der Waals surface area (Å²) >= 11 is 0. The van der Waals surface area contributed by atoms with Crippen molar-refractivity contribution < 1.29 is 23.2 Å². The van der Waals surface area contributed by atoms with Crippen LogP contribution in [-0.2, 0) is 9.31 Å². The second-order valence-electron chi connectivity index (χ2n) is 5.82. The highest BCUT2D eigenvalue weighted by Gasteiger charge is 2.52. The van der Waals surface area contributed by atoms with Crippen molar-refractivity contribution in [3.05, 3.63) is 17.9 Å². The fourth-order valence-corrected chi connectivity index (χ4v) is 2.10. The fourth-order valence-electron chi connectivity index (χ4n) is 2.10. The minimum atomic E-state index is -0.603. The third-order valence-electron chi connectivity index (χ3n) is 3.97. The van der Waals surface area contributed by atoms with Crippen LogP contribution < -0.4 is 14.9 Å². The van der Waals surface area contributed by atoms with Crippen LogP contribution in [-0.4, -0.2) is 25.1 Å². The molecule has 19 heavy (non-hydrogen) atoms. The molecule has 2 aliphatic rings. The van der Waals surface area contributed by atoms with Gasteiger partial charge in [-0.2, -0.15) is 0 Å². The third kappa shape index (κ3) is 1.90. The van der Waals surface area contributed by atoms with Gasteiger partial charge >= 0.3 is 7.12 Å². The first-order valence-electron chi connectivity index (χ1n) is 6.25. The molecule has 2 heterocycles. The predicted molar refractivity (Wildman–Crippen MR) is 68.2 cm³/mol. The molecule has 6 heteroatoms. The van der Waals surface area contributed by atoms with Gasteiger partial charge in [0.15, 0.2) is 11.6 Å². The fraction of sp³-hybridized carbons (Fsp3) is 0.538. The lowest BCUT2D eigenvalue weighted by Crippen LogP contribution is -2.41. The zero-order valence-corrected chi connectivity index (χ0v) is 11.5. The number of ether oxygens (including phenoxy) is 2. The molecule has 1 aromatic rings. The van der Waals surface area contributed by atoms with Crippen molar-refractivity contribution >= 4 is 12.6 Å². The molecule has 1 fully saturated rings. The summed E-state index contributed by atoms with van der Waals surface area (Å²) in [6.07, 6.45) is 0. The zero-order chi connectivity index (χ0) is 13.8. The monoisotopic (exact) mass is 266 g/mol. The van der Waals surface area contributed by atoms with Gasteiger partial charge in [-0.05, 0) is 45.3 Å². The average molecular weight is 266 g/mol. The zero-order valence-electron chi connectivity index (χ0n) is 11.5. The van der Waals surface area contributed by atoms with E-state index in [0.717, 1.165) is 0 Å². The van der Waals surface area contributed by atoms with E-state index in [1.807, 2.05) is 27.7 Å². The molecule has 0 unspecified atom stereocenters. The van der Waals surface area contributed by atoms with E-state index >= 15 is 0 Å². The molecule has 1 aromatic carbocycles. The van der Waals surface area contributed by atoms with Gasteiger partial charge in [0.05, 0.1) is 11.2 Å². The molecule has 0 spiro atoms. The van der Waals surface area contributed by atoms with Gasteiger partial charge in [-0.15, -0.1) is 0 Å². The summed E-state index contributed by atoms with van der Waals surface area (Å²) in [6, 6.07) is 3.07. The maximum absolute atomic E-state index is 13.9. The van der Waals surface area contributed by atoms with Crippen molar-refractivity contribution in [3.63, 3.8) is 0 Å². The van der Waals surface area contributed by atoms with Crippen LogP contribution in [0.25, 0.3) is 0 Å². The van der Waals surface area contributed by atoms with Crippen LogP contribution in [0, 0.1) is 5.82 Å². The van der Waals surface area contributed by atoms with Gasteiger partial charge < -0.3 is 18.8 Å². The highest BCUT2D eigenvalue weighted by Crippen LogP contribution is 2.38. The summed E-state index contributed by atoms with van der Waals surface area (Å²) in [6.45, 7) is 7.86. The van der Waals surface area contributed by atoms with E-state index in [2.05, 4.69) is 0 Å². The SMILES string of the molecule is CC1(C)OB(c2cc(F)c3c(c2)OCO3)OC1(C)C. The van der Waals surface area contributed by atoms with E-state index < -0.39 is 24.1 Å². The Morgan fingerprint density at radius 2 is 1.68 bits per heavy atom. The molecule has 102 valence electrons. The Morgan fingerprint density at radius 1 is 1.05 bits per heavy atom. The Balaban J connectivity index is 1.95. The maximum atomic E-state index is 13.9. The lowest BCUT2D eigenvalue weighted by molar-refractivity contribution is 0.00578. The van der Waals surface area contributed by atoms with Gasteiger partial charge in [0.2, 0.25) is 12.5 Å². The van der Waals surface area contributed by atoms with E-state index in [9.17, 15) is 4.39 Å². The highest BCUT2D eigenvalue weighted by molar-refractivity contribution is 6.62. The molecule has 1 saturated heterocycles. The van der Waals surface area contributed by atoms with Gasteiger partial charge in [-0.3, -0.25) is 0 Å². The maximum Gasteiger partial charge on any atom is 0.495 e. The number of halogens is 1. The Kier molecular flexibility index (Phi) is 2.60. The molecular formula is C13H16BFO4.